The topological polar surface area (TPSA) is 41.5 Å². The van der Waals surface area contributed by atoms with Crippen LogP contribution in [0.4, 0.5) is 0 Å². The van der Waals surface area contributed by atoms with Crippen LogP contribution in [0.5, 0.6) is 5.75 Å². The van der Waals surface area contributed by atoms with Crippen molar-refractivity contribution in [1.82, 2.24) is 5.32 Å². The summed E-state index contributed by atoms with van der Waals surface area (Å²) in [5.41, 5.74) is 1.05. The van der Waals surface area contributed by atoms with Gasteiger partial charge in [0.05, 0.1) is 13.2 Å². The van der Waals surface area contributed by atoms with Crippen molar-refractivity contribution >= 4 is 15.9 Å². The van der Waals surface area contributed by atoms with Gasteiger partial charge in [0.2, 0.25) is 0 Å². The van der Waals surface area contributed by atoms with Crippen molar-refractivity contribution in [3.8, 4) is 5.75 Å². The van der Waals surface area contributed by atoms with Crippen LogP contribution < -0.4 is 10.1 Å². The molecule has 2 unspecified atom stereocenters. The zero-order chi connectivity index (χ0) is 13.0. The largest absolute Gasteiger partial charge is 0.496 e. The first-order valence-electron chi connectivity index (χ1n) is 6.44. The van der Waals surface area contributed by atoms with Crippen molar-refractivity contribution in [2.24, 2.45) is 0 Å². The monoisotopic (exact) mass is 313 g/mol. The van der Waals surface area contributed by atoms with Crippen LogP contribution in [0.15, 0.2) is 22.7 Å². The number of hydrogen-bond donors (Lipinski definition) is 2. The summed E-state index contributed by atoms with van der Waals surface area (Å²) < 4.78 is 6.35. The molecule has 1 aromatic carbocycles. The van der Waals surface area contributed by atoms with Crippen molar-refractivity contribution in [1.29, 1.82) is 0 Å². The van der Waals surface area contributed by atoms with Crippen LogP contribution in [0, 0.1) is 0 Å². The maximum Gasteiger partial charge on any atom is 0.122 e. The number of piperidine rings is 1. The van der Waals surface area contributed by atoms with Crippen molar-refractivity contribution in [3.63, 3.8) is 0 Å². The zero-order valence-electron chi connectivity index (χ0n) is 10.7. The molecule has 0 aliphatic carbocycles. The first kappa shape index (κ1) is 13.8. The molecular formula is C14H20BrNO2. The smallest absolute Gasteiger partial charge is 0.122 e. The minimum absolute atomic E-state index is 0.211. The van der Waals surface area contributed by atoms with Crippen LogP contribution >= 0.6 is 15.9 Å². The summed E-state index contributed by atoms with van der Waals surface area (Å²) in [7, 11) is 1.66. The van der Waals surface area contributed by atoms with Crippen LogP contribution in [-0.2, 0) is 6.42 Å². The van der Waals surface area contributed by atoms with Gasteiger partial charge >= 0.3 is 0 Å². The van der Waals surface area contributed by atoms with Gasteiger partial charge < -0.3 is 15.2 Å². The highest BCUT2D eigenvalue weighted by Gasteiger charge is 2.22. The lowest BCUT2D eigenvalue weighted by molar-refractivity contribution is 0.112. The van der Waals surface area contributed by atoms with Crippen LogP contribution in [-0.4, -0.2) is 30.9 Å². The third-order valence-electron chi connectivity index (χ3n) is 3.48. The van der Waals surface area contributed by atoms with E-state index in [1.54, 1.807) is 7.11 Å². The summed E-state index contributed by atoms with van der Waals surface area (Å²) in [6.07, 6.45) is 3.74. The zero-order valence-corrected chi connectivity index (χ0v) is 12.2. The molecule has 0 spiro atoms. The van der Waals surface area contributed by atoms with Crippen LogP contribution in [0.3, 0.4) is 0 Å². The summed E-state index contributed by atoms with van der Waals surface area (Å²) in [4.78, 5) is 0. The number of aliphatic hydroxyl groups excluding tert-OH is 1. The third-order valence-corrected chi connectivity index (χ3v) is 3.98. The molecule has 1 saturated heterocycles. The van der Waals surface area contributed by atoms with E-state index in [1.807, 2.05) is 18.2 Å². The highest BCUT2D eigenvalue weighted by Crippen LogP contribution is 2.25. The lowest BCUT2D eigenvalue weighted by Crippen LogP contribution is -2.44. The molecule has 1 aliphatic rings. The minimum Gasteiger partial charge on any atom is -0.496 e. The van der Waals surface area contributed by atoms with E-state index in [-0.39, 0.29) is 12.1 Å². The Morgan fingerprint density at radius 3 is 3.00 bits per heavy atom. The normalized spacial score (nSPS) is 21.6. The van der Waals surface area contributed by atoms with Gasteiger partial charge in [0, 0.05) is 16.9 Å². The lowest BCUT2D eigenvalue weighted by atomic mass is 9.95. The van der Waals surface area contributed by atoms with Gasteiger partial charge in [-0.1, -0.05) is 22.4 Å². The van der Waals surface area contributed by atoms with Crippen molar-refractivity contribution in [3.05, 3.63) is 28.2 Å². The van der Waals surface area contributed by atoms with Crippen LogP contribution in [0.2, 0.25) is 0 Å². The van der Waals surface area contributed by atoms with Crippen molar-refractivity contribution in [2.75, 3.05) is 13.7 Å². The predicted octanol–water partition coefficient (Wildman–Crippen LogP) is 2.50. The molecule has 3 nitrogen and oxygen atoms in total. The second kappa shape index (κ2) is 6.55. The summed E-state index contributed by atoms with van der Waals surface area (Å²) in [6.45, 7) is 1.01. The molecule has 1 heterocycles. The summed E-state index contributed by atoms with van der Waals surface area (Å²) >= 11 is 3.46. The quantitative estimate of drug-likeness (QED) is 0.897. The second-order valence-corrected chi connectivity index (χ2v) is 5.70. The average Bonchev–Trinajstić information content (AvgIpc) is 2.40. The van der Waals surface area contributed by atoms with E-state index in [9.17, 15) is 5.11 Å². The van der Waals surface area contributed by atoms with E-state index < -0.39 is 0 Å². The number of hydrogen-bond acceptors (Lipinski definition) is 3. The average molecular weight is 314 g/mol. The number of benzene rings is 1. The van der Waals surface area contributed by atoms with Crippen LogP contribution in [0.1, 0.15) is 24.8 Å². The van der Waals surface area contributed by atoms with Crippen molar-refractivity contribution in [2.45, 2.75) is 37.8 Å². The van der Waals surface area contributed by atoms with Gasteiger partial charge in [-0.2, -0.15) is 0 Å². The molecule has 0 radical (unpaired) electrons. The molecule has 1 aromatic rings. The molecule has 18 heavy (non-hydrogen) atoms. The Balaban J connectivity index is 2.05. The third kappa shape index (κ3) is 3.46. The van der Waals surface area contributed by atoms with E-state index in [2.05, 4.69) is 21.2 Å². The number of ether oxygens (including phenoxy) is 1. The Kier molecular flexibility index (Phi) is 5.03. The molecule has 0 amide bonds. The molecule has 2 N–H and O–H groups in total. The molecule has 1 aliphatic heterocycles. The van der Waals surface area contributed by atoms with E-state index in [0.717, 1.165) is 28.8 Å². The minimum atomic E-state index is -0.353. The maximum atomic E-state index is 10.3. The summed E-state index contributed by atoms with van der Waals surface area (Å²) in [6, 6.07) is 6.11. The Morgan fingerprint density at radius 1 is 1.50 bits per heavy atom. The first-order valence-corrected chi connectivity index (χ1v) is 7.24. The number of aliphatic hydroxyl groups is 1. The molecule has 0 aromatic heterocycles. The predicted molar refractivity (Wildman–Crippen MR) is 76.0 cm³/mol. The molecule has 4 heteroatoms. The van der Waals surface area contributed by atoms with Gasteiger partial charge in [-0.05, 0) is 43.1 Å². The standard InChI is InChI=1S/C14H20BrNO2/c1-18-14-6-5-11(15)8-10(14)9-13(17)12-4-2-3-7-16-12/h5-6,8,12-13,16-17H,2-4,7,9H2,1H3. The Bertz CT molecular complexity index is 391. The second-order valence-electron chi connectivity index (χ2n) is 4.78. The molecular weight excluding hydrogens is 294 g/mol. The molecule has 2 atom stereocenters. The first-order chi connectivity index (χ1) is 8.70. The maximum absolute atomic E-state index is 10.3. The molecule has 100 valence electrons. The van der Waals surface area contributed by atoms with Gasteiger partial charge in [0.15, 0.2) is 0 Å². The molecule has 1 fully saturated rings. The highest BCUT2D eigenvalue weighted by molar-refractivity contribution is 9.10. The van der Waals surface area contributed by atoms with Gasteiger partial charge in [0.1, 0.15) is 5.75 Å². The molecule has 2 rings (SSSR count). The Morgan fingerprint density at radius 2 is 2.33 bits per heavy atom. The Hall–Kier alpha value is -0.580. The fourth-order valence-corrected chi connectivity index (χ4v) is 2.89. The Labute approximate surface area is 117 Å². The number of rotatable bonds is 4. The van der Waals surface area contributed by atoms with Gasteiger partial charge in [0.25, 0.3) is 0 Å². The SMILES string of the molecule is COc1ccc(Br)cc1CC(O)C1CCCCN1. The van der Waals surface area contributed by atoms with Gasteiger partial charge in [-0.3, -0.25) is 0 Å². The molecule has 0 saturated carbocycles. The van der Waals surface area contributed by atoms with Gasteiger partial charge in [-0.15, -0.1) is 0 Å². The lowest BCUT2D eigenvalue weighted by Gasteiger charge is -2.28. The number of nitrogens with one attached hydrogen (secondary N) is 1. The molecule has 0 bridgehead atoms. The fraction of sp³-hybridized carbons (Fsp3) is 0.571. The fourth-order valence-electron chi connectivity index (χ4n) is 2.48. The summed E-state index contributed by atoms with van der Waals surface area (Å²) in [5, 5.41) is 13.7. The summed E-state index contributed by atoms with van der Waals surface area (Å²) in [5.74, 6) is 0.841. The number of halogens is 1. The van der Waals surface area contributed by atoms with Crippen LogP contribution in [0.25, 0.3) is 0 Å². The van der Waals surface area contributed by atoms with E-state index in [0.29, 0.717) is 6.42 Å². The van der Waals surface area contributed by atoms with E-state index >= 15 is 0 Å². The van der Waals surface area contributed by atoms with Crippen molar-refractivity contribution < 1.29 is 9.84 Å². The van der Waals surface area contributed by atoms with Gasteiger partial charge in [-0.25, -0.2) is 0 Å². The van der Waals surface area contributed by atoms with E-state index in [1.165, 1.54) is 12.8 Å². The number of methoxy groups -OCH3 is 1. The van der Waals surface area contributed by atoms with E-state index in [4.69, 9.17) is 4.74 Å². The highest BCUT2D eigenvalue weighted by atomic mass is 79.9.